The van der Waals surface area contributed by atoms with Gasteiger partial charge in [0, 0.05) is 19.0 Å². The van der Waals surface area contributed by atoms with Gasteiger partial charge < -0.3 is 15.7 Å². The first-order valence-electron chi connectivity index (χ1n) is 5.70. The first kappa shape index (κ1) is 13.0. The zero-order valence-electron chi connectivity index (χ0n) is 9.85. The highest BCUT2D eigenvalue weighted by atomic mass is 16.4. The van der Waals surface area contributed by atoms with Gasteiger partial charge in [-0.2, -0.15) is 0 Å². The summed E-state index contributed by atoms with van der Waals surface area (Å²) >= 11 is 0. The van der Waals surface area contributed by atoms with Crippen LogP contribution in [0, 0.1) is 11.8 Å². The zero-order chi connectivity index (χ0) is 12.3. The Morgan fingerprint density at radius 2 is 2.19 bits per heavy atom. The van der Waals surface area contributed by atoms with Crippen LogP contribution in [0.1, 0.15) is 26.7 Å². The highest BCUT2D eigenvalue weighted by Crippen LogP contribution is 2.24. The van der Waals surface area contributed by atoms with Crippen molar-refractivity contribution in [2.45, 2.75) is 32.7 Å². The predicted octanol–water partition coefficient (Wildman–Crippen LogP) is 0.293. The fourth-order valence-electron chi connectivity index (χ4n) is 2.02. The van der Waals surface area contributed by atoms with Gasteiger partial charge in [0.1, 0.15) is 6.04 Å². The number of carbonyl (C=O) groups excluding carboxylic acids is 1. The number of amides is 1. The molecular weight excluding hydrogens is 208 g/mol. The summed E-state index contributed by atoms with van der Waals surface area (Å²) in [4.78, 5) is 24.5. The molecule has 5 heteroatoms. The normalized spacial score (nSPS) is 27.6. The fourth-order valence-corrected chi connectivity index (χ4v) is 2.02. The molecule has 92 valence electrons. The maximum Gasteiger partial charge on any atom is 0.326 e. The van der Waals surface area contributed by atoms with Gasteiger partial charge in [0.05, 0.1) is 0 Å². The van der Waals surface area contributed by atoms with Crippen LogP contribution < -0.4 is 5.73 Å². The Morgan fingerprint density at radius 1 is 1.56 bits per heavy atom. The van der Waals surface area contributed by atoms with Gasteiger partial charge in [-0.3, -0.25) is 4.79 Å². The van der Waals surface area contributed by atoms with E-state index in [4.69, 9.17) is 10.8 Å². The highest BCUT2D eigenvalue weighted by molar-refractivity contribution is 5.85. The van der Waals surface area contributed by atoms with E-state index >= 15 is 0 Å². The molecule has 0 aromatic rings. The number of piperidine rings is 1. The standard InChI is InChI=1S/C11H20N2O3/c1-7-3-4-13(9(5-7)11(15)16)10(14)8(2)6-12/h7-9H,3-6,12H2,1-2H3,(H,15,16). The van der Waals surface area contributed by atoms with E-state index in [1.165, 1.54) is 4.90 Å². The number of likely N-dealkylation sites (tertiary alicyclic amines) is 1. The minimum atomic E-state index is -0.913. The summed E-state index contributed by atoms with van der Waals surface area (Å²) in [5.41, 5.74) is 5.43. The molecule has 0 aromatic carbocycles. The quantitative estimate of drug-likeness (QED) is 0.727. The lowest BCUT2D eigenvalue weighted by Gasteiger charge is -2.37. The summed E-state index contributed by atoms with van der Waals surface area (Å²) < 4.78 is 0. The van der Waals surface area contributed by atoms with Gasteiger partial charge in [0.25, 0.3) is 0 Å². The Balaban J connectivity index is 2.76. The van der Waals surface area contributed by atoms with Crippen LogP contribution in [-0.4, -0.2) is 41.0 Å². The Morgan fingerprint density at radius 3 is 2.69 bits per heavy atom. The molecule has 1 fully saturated rings. The molecule has 1 saturated heterocycles. The maximum absolute atomic E-state index is 11.9. The molecule has 1 rings (SSSR count). The first-order valence-corrected chi connectivity index (χ1v) is 5.70. The summed E-state index contributed by atoms with van der Waals surface area (Å²) in [6.07, 6.45) is 1.41. The average molecular weight is 228 g/mol. The largest absolute Gasteiger partial charge is 0.480 e. The van der Waals surface area contributed by atoms with E-state index in [1.54, 1.807) is 6.92 Å². The number of nitrogens with two attached hydrogens (primary N) is 1. The van der Waals surface area contributed by atoms with E-state index in [0.717, 1.165) is 6.42 Å². The number of carboxylic acid groups (broad SMARTS) is 1. The Hall–Kier alpha value is -1.10. The van der Waals surface area contributed by atoms with E-state index in [-0.39, 0.29) is 18.4 Å². The molecule has 1 aliphatic rings. The molecule has 0 radical (unpaired) electrons. The molecule has 3 N–H and O–H groups in total. The number of aliphatic carboxylic acids is 1. The summed E-state index contributed by atoms with van der Waals surface area (Å²) in [6.45, 7) is 4.54. The molecule has 1 amide bonds. The molecule has 1 aliphatic heterocycles. The third kappa shape index (κ3) is 2.72. The Labute approximate surface area is 95.6 Å². The summed E-state index contributed by atoms with van der Waals surface area (Å²) in [5.74, 6) is -0.987. The monoisotopic (exact) mass is 228 g/mol. The molecule has 0 saturated carbocycles. The second-order valence-corrected chi connectivity index (χ2v) is 4.65. The van der Waals surface area contributed by atoms with Gasteiger partial charge in [-0.05, 0) is 18.8 Å². The van der Waals surface area contributed by atoms with E-state index in [1.807, 2.05) is 6.92 Å². The molecule has 5 nitrogen and oxygen atoms in total. The van der Waals surface area contributed by atoms with Gasteiger partial charge in [-0.1, -0.05) is 13.8 Å². The zero-order valence-corrected chi connectivity index (χ0v) is 9.85. The number of rotatable bonds is 3. The lowest BCUT2D eigenvalue weighted by Crippen LogP contribution is -2.52. The molecule has 0 spiro atoms. The third-order valence-electron chi connectivity index (χ3n) is 3.21. The van der Waals surface area contributed by atoms with E-state index in [9.17, 15) is 9.59 Å². The third-order valence-corrected chi connectivity index (χ3v) is 3.21. The predicted molar refractivity (Wildman–Crippen MR) is 59.8 cm³/mol. The van der Waals surface area contributed by atoms with Crippen molar-refractivity contribution in [1.29, 1.82) is 0 Å². The minimum absolute atomic E-state index is 0.137. The van der Waals surface area contributed by atoms with Crippen molar-refractivity contribution in [2.24, 2.45) is 17.6 Å². The number of carboxylic acids is 1. The Kier molecular flexibility index (Phi) is 4.29. The number of nitrogens with zero attached hydrogens (tertiary/aromatic N) is 1. The second-order valence-electron chi connectivity index (χ2n) is 4.65. The molecule has 0 bridgehead atoms. The summed E-state index contributed by atoms with van der Waals surface area (Å²) in [6, 6.07) is -0.676. The van der Waals surface area contributed by atoms with Crippen molar-refractivity contribution in [2.75, 3.05) is 13.1 Å². The van der Waals surface area contributed by atoms with Crippen molar-refractivity contribution in [3.05, 3.63) is 0 Å². The molecule has 0 aromatic heterocycles. The molecular formula is C11H20N2O3. The smallest absolute Gasteiger partial charge is 0.326 e. The van der Waals surface area contributed by atoms with Crippen LogP contribution in [0.2, 0.25) is 0 Å². The summed E-state index contributed by atoms with van der Waals surface area (Å²) in [5, 5.41) is 9.10. The van der Waals surface area contributed by atoms with Crippen molar-refractivity contribution >= 4 is 11.9 Å². The van der Waals surface area contributed by atoms with Crippen LogP contribution in [0.5, 0.6) is 0 Å². The van der Waals surface area contributed by atoms with E-state index < -0.39 is 12.0 Å². The van der Waals surface area contributed by atoms with Crippen LogP contribution in [0.3, 0.4) is 0 Å². The van der Waals surface area contributed by atoms with Crippen LogP contribution in [0.4, 0.5) is 0 Å². The van der Waals surface area contributed by atoms with Gasteiger partial charge in [-0.15, -0.1) is 0 Å². The van der Waals surface area contributed by atoms with Crippen molar-refractivity contribution in [3.8, 4) is 0 Å². The van der Waals surface area contributed by atoms with Crippen LogP contribution >= 0.6 is 0 Å². The topological polar surface area (TPSA) is 83.6 Å². The lowest BCUT2D eigenvalue weighted by molar-refractivity contribution is -0.154. The summed E-state index contributed by atoms with van der Waals surface area (Å²) in [7, 11) is 0. The lowest BCUT2D eigenvalue weighted by atomic mass is 9.91. The average Bonchev–Trinajstić information content (AvgIpc) is 2.26. The number of hydrogen-bond donors (Lipinski definition) is 2. The molecule has 0 aliphatic carbocycles. The van der Waals surface area contributed by atoms with Crippen LogP contribution in [0.15, 0.2) is 0 Å². The first-order chi connectivity index (χ1) is 7.47. The molecule has 3 atom stereocenters. The van der Waals surface area contributed by atoms with E-state index in [0.29, 0.717) is 18.9 Å². The number of carbonyl (C=O) groups is 2. The van der Waals surface area contributed by atoms with E-state index in [2.05, 4.69) is 0 Å². The maximum atomic E-state index is 11.9. The highest BCUT2D eigenvalue weighted by Gasteiger charge is 2.35. The number of hydrogen-bond acceptors (Lipinski definition) is 3. The van der Waals surface area contributed by atoms with Crippen molar-refractivity contribution in [1.82, 2.24) is 4.90 Å². The van der Waals surface area contributed by atoms with Gasteiger partial charge >= 0.3 is 5.97 Å². The molecule has 16 heavy (non-hydrogen) atoms. The minimum Gasteiger partial charge on any atom is -0.480 e. The van der Waals surface area contributed by atoms with Crippen LogP contribution in [-0.2, 0) is 9.59 Å². The molecule has 1 heterocycles. The molecule has 3 unspecified atom stereocenters. The van der Waals surface area contributed by atoms with Crippen molar-refractivity contribution in [3.63, 3.8) is 0 Å². The second kappa shape index (κ2) is 5.30. The Bertz CT molecular complexity index is 280. The van der Waals surface area contributed by atoms with Crippen molar-refractivity contribution < 1.29 is 14.7 Å². The fraction of sp³-hybridized carbons (Fsp3) is 0.818. The SMILES string of the molecule is CC1CCN(C(=O)C(C)CN)C(C(=O)O)C1. The van der Waals surface area contributed by atoms with Crippen LogP contribution in [0.25, 0.3) is 0 Å². The van der Waals surface area contributed by atoms with Gasteiger partial charge in [0.15, 0.2) is 0 Å². The van der Waals surface area contributed by atoms with Gasteiger partial charge in [0.2, 0.25) is 5.91 Å². The van der Waals surface area contributed by atoms with Gasteiger partial charge in [-0.25, -0.2) is 4.79 Å².